The summed E-state index contributed by atoms with van der Waals surface area (Å²) < 4.78 is 0. The van der Waals surface area contributed by atoms with Crippen LogP contribution in [0.5, 0.6) is 0 Å². The van der Waals surface area contributed by atoms with Crippen LogP contribution in [0.1, 0.15) is 30.4 Å². The Hall–Kier alpha value is -3.31. The summed E-state index contributed by atoms with van der Waals surface area (Å²) in [5, 5.41) is 5.85. The largest absolute Gasteiger partial charge is 0.382 e. The van der Waals surface area contributed by atoms with Crippen molar-refractivity contribution in [1.82, 2.24) is 20.2 Å². The van der Waals surface area contributed by atoms with E-state index < -0.39 is 0 Å². The number of hydrogen-bond donors (Lipinski definition) is 4. The quantitative estimate of drug-likeness (QED) is 0.600. The molecule has 2 heterocycles. The maximum absolute atomic E-state index is 12.3. The number of nitrogens with zero attached hydrogens (tertiary/aromatic N) is 3. The normalized spacial score (nSPS) is 16.9. The zero-order valence-electron chi connectivity index (χ0n) is 15.2. The smallest absolute Gasteiger partial charge is 0.320 e. The zero-order valence-corrected chi connectivity index (χ0v) is 15.2. The number of rotatable bonds is 2. The molecule has 3 rings (SSSR count). The predicted molar refractivity (Wildman–Crippen MR) is 106 cm³/mol. The maximum Gasteiger partial charge on any atom is 0.320 e. The molecule has 140 valence electrons. The number of carbonyl (C=O) groups excluding carboxylic acids is 1. The second kappa shape index (κ2) is 8.38. The highest BCUT2D eigenvalue weighted by Gasteiger charge is 2.20. The maximum atomic E-state index is 12.3. The molecule has 1 aliphatic heterocycles. The molecule has 8 nitrogen and oxygen atoms in total. The van der Waals surface area contributed by atoms with E-state index in [4.69, 9.17) is 11.5 Å². The molecule has 6 N–H and O–H groups in total. The number of aromatic nitrogens is 2. The number of nitrogens with one attached hydrogen (secondary N) is 2. The molecule has 27 heavy (non-hydrogen) atoms. The molecule has 0 aliphatic carbocycles. The minimum atomic E-state index is -0.233. The molecule has 8 heteroatoms. The summed E-state index contributed by atoms with van der Waals surface area (Å²) in [5.74, 6) is 6.34. The minimum Gasteiger partial charge on any atom is -0.382 e. The Bertz CT molecular complexity index is 867. The Morgan fingerprint density at radius 2 is 2.00 bits per heavy atom. The van der Waals surface area contributed by atoms with Crippen molar-refractivity contribution in [3.8, 4) is 11.8 Å². The van der Waals surface area contributed by atoms with Crippen LogP contribution in [-0.4, -0.2) is 40.7 Å². The van der Waals surface area contributed by atoms with Gasteiger partial charge < -0.3 is 22.1 Å². The second-order valence-corrected chi connectivity index (χ2v) is 6.44. The molecule has 1 saturated heterocycles. The number of likely N-dealkylation sites (tertiary alicyclic amines) is 1. The van der Waals surface area contributed by atoms with Crippen LogP contribution in [0.25, 0.3) is 0 Å². The Balaban J connectivity index is 1.67. The lowest BCUT2D eigenvalue weighted by molar-refractivity contribution is 0.158. The molecule has 0 radical (unpaired) electrons. The van der Waals surface area contributed by atoms with Crippen LogP contribution in [0.4, 0.5) is 22.1 Å². The van der Waals surface area contributed by atoms with Crippen molar-refractivity contribution in [2.45, 2.75) is 25.4 Å². The molecule has 0 spiro atoms. The van der Waals surface area contributed by atoms with Crippen LogP contribution in [0, 0.1) is 11.8 Å². The van der Waals surface area contributed by atoms with E-state index in [1.165, 1.54) is 12.7 Å². The Morgan fingerprint density at radius 1 is 1.22 bits per heavy atom. The number of amides is 2. The van der Waals surface area contributed by atoms with E-state index in [9.17, 15) is 4.79 Å². The lowest BCUT2D eigenvalue weighted by Crippen LogP contribution is -2.50. The van der Waals surface area contributed by atoms with Gasteiger partial charge in [-0.15, -0.1) is 0 Å². The number of anilines is 3. The monoisotopic (exact) mass is 365 g/mol. The summed E-state index contributed by atoms with van der Waals surface area (Å²) >= 11 is 0. The van der Waals surface area contributed by atoms with Gasteiger partial charge in [0.2, 0.25) is 0 Å². The molecule has 1 atom stereocenters. The Morgan fingerprint density at radius 3 is 2.74 bits per heavy atom. The third-order valence-corrected chi connectivity index (χ3v) is 4.43. The van der Waals surface area contributed by atoms with Gasteiger partial charge in [0.25, 0.3) is 0 Å². The molecule has 2 amide bonds. The van der Waals surface area contributed by atoms with Gasteiger partial charge in [0.05, 0.1) is 6.17 Å². The van der Waals surface area contributed by atoms with Gasteiger partial charge in [-0.3, -0.25) is 4.90 Å². The first-order chi connectivity index (χ1) is 13.0. The van der Waals surface area contributed by atoms with Gasteiger partial charge in [-0.25, -0.2) is 14.8 Å². The molecule has 0 bridgehead atoms. The van der Waals surface area contributed by atoms with Crippen molar-refractivity contribution in [2.24, 2.45) is 0 Å². The topological polar surface area (TPSA) is 122 Å². The third kappa shape index (κ3) is 4.86. The van der Waals surface area contributed by atoms with Crippen molar-refractivity contribution in [3.63, 3.8) is 0 Å². The number of piperidine rings is 1. The lowest BCUT2D eigenvalue weighted by atomic mass is 10.1. The van der Waals surface area contributed by atoms with Crippen molar-refractivity contribution in [3.05, 3.63) is 41.7 Å². The Kier molecular flexibility index (Phi) is 5.74. The van der Waals surface area contributed by atoms with Crippen molar-refractivity contribution in [1.29, 1.82) is 0 Å². The highest BCUT2D eigenvalue weighted by Crippen LogP contribution is 2.15. The van der Waals surface area contributed by atoms with Gasteiger partial charge in [0, 0.05) is 11.3 Å². The highest BCUT2D eigenvalue weighted by atomic mass is 16.2. The molecule has 1 aromatic carbocycles. The molecule has 2 aromatic rings. The van der Waals surface area contributed by atoms with Crippen molar-refractivity contribution >= 4 is 23.4 Å². The van der Waals surface area contributed by atoms with Crippen LogP contribution in [0.15, 0.2) is 30.6 Å². The third-order valence-electron chi connectivity index (χ3n) is 4.43. The molecule has 1 fully saturated rings. The molecule has 0 saturated carbocycles. The van der Waals surface area contributed by atoms with E-state index in [0.717, 1.165) is 19.4 Å². The number of carbonyl (C=O) groups is 1. The van der Waals surface area contributed by atoms with Crippen molar-refractivity contribution < 1.29 is 4.79 Å². The molecule has 1 aliphatic rings. The van der Waals surface area contributed by atoms with Crippen LogP contribution in [-0.2, 0) is 0 Å². The molecule has 1 aromatic heterocycles. The van der Waals surface area contributed by atoms with E-state index in [1.54, 1.807) is 6.07 Å². The second-order valence-electron chi connectivity index (χ2n) is 6.44. The van der Waals surface area contributed by atoms with E-state index in [-0.39, 0.29) is 23.8 Å². The summed E-state index contributed by atoms with van der Waals surface area (Å²) in [6, 6.07) is 7.02. The molecule has 1 unspecified atom stereocenters. The summed E-state index contributed by atoms with van der Waals surface area (Å²) in [6.07, 6.45) is 4.60. The van der Waals surface area contributed by atoms with Crippen molar-refractivity contribution in [2.75, 3.05) is 30.4 Å². The number of nitrogen functional groups attached to an aromatic ring is 2. The van der Waals surface area contributed by atoms with Gasteiger partial charge >= 0.3 is 6.03 Å². The van der Waals surface area contributed by atoms with E-state index in [2.05, 4.69) is 37.3 Å². The summed E-state index contributed by atoms with van der Waals surface area (Å²) in [7, 11) is 2.02. The van der Waals surface area contributed by atoms with Crippen LogP contribution < -0.4 is 22.1 Å². The molecular formula is C19H23N7O. The van der Waals surface area contributed by atoms with E-state index >= 15 is 0 Å². The lowest BCUT2D eigenvalue weighted by Gasteiger charge is -2.32. The van der Waals surface area contributed by atoms with Gasteiger partial charge in [0.15, 0.2) is 0 Å². The highest BCUT2D eigenvalue weighted by molar-refractivity contribution is 5.89. The predicted octanol–water partition coefficient (Wildman–Crippen LogP) is 1.60. The average Bonchev–Trinajstić information content (AvgIpc) is 2.63. The van der Waals surface area contributed by atoms with E-state index in [0.29, 0.717) is 16.8 Å². The first-order valence-electron chi connectivity index (χ1n) is 8.79. The fourth-order valence-electron chi connectivity index (χ4n) is 2.93. The summed E-state index contributed by atoms with van der Waals surface area (Å²) in [6.45, 7) is 0.992. The van der Waals surface area contributed by atoms with Gasteiger partial charge in [-0.2, -0.15) is 0 Å². The fraction of sp³-hybridized carbons (Fsp3) is 0.316. The standard InChI is InChI=1S/C19H23N7O/c1-26-10-3-2-7-16(26)25-19(27)24-14-6-4-5-13(11-14)8-9-15-17(20)22-12-23-18(15)21/h4-6,11-12,16H,2-3,7,10H2,1H3,(H2,24,25,27)(H4,20,21,22,23). The first kappa shape index (κ1) is 18.5. The number of hydrogen-bond acceptors (Lipinski definition) is 6. The van der Waals surface area contributed by atoms with Crippen LogP contribution >= 0.6 is 0 Å². The number of nitrogens with two attached hydrogens (primary N) is 2. The van der Waals surface area contributed by atoms with Crippen LogP contribution in [0.3, 0.4) is 0 Å². The number of urea groups is 1. The van der Waals surface area contributed by atoms with Gasteiger partial charge in [-0.05, 0) is 51.1 Å². The SMILES string of the molecule is CN1CCCCC1NC(=O)Nc1cccc(C#Cc2c(N)ncnc2N)c1. The average molecular weight is 365 g/mol. The van der Waals surface area contributed by atoms with E-state index in [1.807, 2.05) is 25.2 Å². The van der Waals surface area contributed by atoms with Gasteiger partial charge in [0.1, 0.15) is 23.5 Å². The summed E-state index contributed by atoms with van der Waals surface area (Å²) in [4.78, 5) is 22.2. The first-order valence-corrected chi connectivity index (χ1v) is 8.79. The van der Waals surface area contributed by atoms with Gasteiger partial charge in [-0.1, -0.05) is 17.9 Å². The minimum absolute atomic E-state index is 0.0609. The molecular weight excluding hydrogens is 342 g/mol. The summed E-state index contributed by atoms with van der Waals surface area (Å²) in [5.41, 5.74) is 13.3. The van der Waals surface area contributed by atoms with Crippen LogP contribution in [0.2, 0.25) is 0 Å². The Labute approximate surface area is 158 Å². The number of benzene rings is 1. The fourth-order valence-corrected chi connectivity index (χ4v) is 2.93. The zero-order chi connectivity index (χ0) is 19.2.